The fraction of sp³-hybridized carbons (Fsp3) is 0.550. The van der Waals surface area contributed by atoms with E-state index in [1.165, 1.54) is 6.92 Å². The van der Waals surface area contributed by atoms with Gasteiger partial charge < -0.3 is 24.5 Å². The van der Waals surface area contributed by atoms with Crippen molar-refractivity contribution in [2.45, 2.75) is 43.6 Å². The maximum atomic E-state index is 15.1. The topological polar surface area (TPSA) is 74.9 Å². The number of halogens is 5. The number of rotatable bonds is 3. The number of anilines is 1. The van der Waals surface area contributed by atoms with Crippen molar-refractivity contribution in [2.75, 3.05) is 31.1 Å². The van der Waals surface area contributed by atoms with Crippen LogP contribution in [0.5, 0.6) is 0 Å². The van der Waals surface area contributed by atoms with Crippen molar-refractivity contribution in [3.05, 3.63) is 29.5 Å². The summed E-state index contributed by atoms with van der Waals surface area (Å²) in [5, 5.41) is 12.6. The van der Waals surface area contributed by atoms with E-state index in [1.807, 2.05) is 0 Å². The number of ether oxygens (including phenoxy) is 1. The summed E-state index contributed by atoms with van der Waals surface area (Å²) in [5.41, 5.74) is -2.41. The Morgan fingerprint density at radius 1 is 1.29 bits per heavy atom. The van der Waals surface area contributed by atoms with E-state index in [4.69, 9.17) is 9.15 Å². The van der Waals surface area contributed by atoms with Crippen LogP contribution < -0.4 is 10.2 Å². The number of furan rings is 1. The van der Waals surface area contributed by atoms with Gasteiger partial charge in [0.05, 0.1) is 23.4 Å². The Bertz CT molecular complexity index is 1000. The molecule has 0 bridgehead atoms. The number of alkyl halides is 5. The molecule has 1 amide bonds. The smallest absolute Gasteiger partial charge is 0.416 e. The van der Waals surface area contributed by atoms with Gasteiger partial charge in [-0.15, -0.1) is 0 Å². The second kappa shape index (κ2) is 7.33. The van der Waals surface area contributed by atoms with Gasteiger partial charge in [-0.25, -0.2) is 8.78 Å². The average molecular weight is 448 g/mol. The molecule has 31 heavy (non-hydrogen) atoms. The molecule has 11 heteroatoms. The van der Waals surface area contributed by atoms with Gasteiger partial charge in [-0.1, -0.05) is 0 Å². The highest BCUT2D eigenvalue weighted by molar-refractivity contribution is 6.07. The summed E-state index contributed by atoms with van der Waals surface area (Å²) in [6.07, 6.45) is -6.29. The van der Waals surface area contributed by atoms with Crippen molar-refractivity contribution >= 4 is 22.6 Å². The highest BCUT2D eigenvalue weighted by Gasteiger charge is 2.48. The quantitative estimate of drug-likeness (QED) is 0.703. The second-order valence-corrected chi connectivity index (χ2v) is 8.24. The number of fused-ring (bicyclic) bond motifs is 3. The second-order valence-electron chi connectivity index (χ2n) is 8.24. The summed E-state index contributed by atoms with van der Waals surface area (Å²) < 4.78 is 80.6. The first-order valence-electron chi connectivity index (χ1n) is 9.76. The molecule has 6 nitrogen and oxygen atoms in total. The van der Waals surface area contributed by atoms with Gasteiger partial charge in [0.15, 0.2) is 0 Å². The van der Waals surface area contributed by atoms with Crippen LogP contribution in [0.2, 0.25) is 0 Å². The largest absolute Gasteiger partial charge is 0.449 e. The molecule has 1 aromatic heterocycles. The van der Waals surface area contributed by atoms with Gasteiger partial charge in [-0.05, 0) is 31.5 Å². The zero-order valence-corrected chi connectivity index (χ0v) is 16.6. The molecule has 2 aromatic rings. The number of amides is 1. The van der Waals surface area contributed by atoms with Crippen LogP contribution >= 0.6 is 0 Å². The van der Waals surface area contributed by atoms with Crippen molar-refractivity contribution in [2.24, 2.45) is 0 Å². The molecule has 0 spiro atoms. The van der Waals surface area contributed by atoms with E-state index >= 15 is 8.78 Å². The zero-order chi connectivity index (χ0) is 22.6. The number of carbonyl (C=O) groups is 1. The molecular formula is C20H21F5N2O4. The van der Waals surface area contributed by atoms with Gasteiger partial charge in [-0.3, -0.25) is 4.79 Å². The van der Waals surface area contributed by atoms with Crippen LogP contribution in [0.15, 0.2) is 22.6 Å². The van der Waals surface area contributed by atoms with Crippen LogP contribution in [0.4, 0.5) is 27.6 Å². The minimum Gasteiger partial charge on any atom is -0.449 e. The van der Waals surface area contributed by atoms with E-state index in [0.29, 0.717) is 0 Å². The number of nitrogens with one attached hydrogen (secondary N) is 1. The fourth-order valence-corrected chi connectivity index (χ4v) is 3.99. The van der Waals surface area contributed by atoms with E-state index in [-0.39, 0.29) is 55.0 Å². The van der Waals surface area contributed by atoms with Gasteiger partial charge in [0, 0.05) is 31.5 Å². The fourth-order valence-electron chi connectivity index (χ4n) is 3.99. The Morgan fingerprint density at radius 2 is 2.03 bits per heavy atom. The third-order valence-electron chi connectivity index (χ3n) is 5.64. The van der Waals surface area contributed by atoms with Gasteiger partial charge in [0.2, 0.25) is 5.76 Å². The summed E-state index contributed by atoms with van der Waals surface area (Å²) >= 11 is 0. The van der Waals surface area contributed by atoms with Crippen molar-refractivity contribution < 1.29 is 41.0 Å². The van der Waals surface area contributed by atoms with Gasteiger partial charge in [0.25, 0.3) is 11.8 Å². The molecule has 3 heterocycles. The third-order valence-corrected chi connectivity index (χ3v) is 5.64. The zero-order valence-electron chi connectivity index (χ0n) is 16.6. The van der Waals surface area contributed by atoms with Crippen LogP contribution in [0, 0.1) is 0 Å². The summed E-state index contributed by atoms with van der Waals surface area (Å²) in [6, 6.07) is 2.67. The number of carbonyl (C=O) groups excluding carboxylic acids is 1. The monoisotopic (exact) mass is 448 g/mol. The first-order chi connectivity index (χ1) is 14.4. The molecule has 1 saturated heterocycles. The van der Waals surface area contributed by atoms with E-state index in [1.54, 1.807) is 0 Å². The summed E-state index contributed by atoms with van der Waals surface area (Å²) in [7, 11) is 0. The van der Waals surface area contributed by atoms with Crippen LogP contribution in [-0.2, 0) is 10.9 Å². The molecule has 0 aliphatic carbocycles. The van der Waals surface area contributed by atoms with E-state index < -0.39 is 41.8 Å². The van der Waals surface area contributed by atoms with Crippen LogP contribution in [0.1, 0.15) is 35.9 Å². The molecule has 2 aliphatic rings. The Hall–Kier alpha value is -2.40. The van der Waals surface area contributed by atoms with Gasteiger partial charge in [-0.2, -0.15) is 13.2 Å². The molecule has 2 N–H and O–H groups in total. The molecule has 0 saturated carbocycles. The lowest BCUT2D eigenvalue weighted by molar-refractivity contribution is -0.186. The number of aliphatic hydroxyl groups is 1. The van der Waals surface area contributed by atoms with E-state index in [0.717, 1.165) is 23.1 Å². The molecule has 1 fully saturated rings. The van der Waals surface area contributed by atoms with Crippen molar-refractivity contribution in [3.63, 3.8) is 0 Å². The van der Waals surface area contributed by atoms with Crippen molar-refractivity contribution in [1.82, 2.24) is 5.32 Å². The Balaban J connectivity index is 1.74. The van der Waals surface area contributed by atoms with Gasteiger partial charge in [0.1, 0.15) is 11.7 Å². The molecule has 2 aliphatic heterocycles. The molecule has 170 valence electrons. The Kier molecular flexibility index (Phi) is 5.16. The Morgan fingerprint density at radius 3 is 2.71 bits per heavy atom. The van der Waals surface area contributed by atoms with Crippen LogP contribution in [-0.4, -0.2) is 54.9 Å². The number of nitrogens with zero attached hydrogens (tertiary/aromatic N) is 1. The highest BCUT2D eigenvalue weighted by atomic mass is 19.4. The number of hydrogen-bond acceptors (Lipinski definition) is 5. The lowest BCUT2D eigenvalue weighted by atomic mass is 9.89. The maximum Gasteiger partial charge on any atom is 0.416 e. The van der Waals surface area contributed by atoms with Crippen molar-refractivity contribution in [1.29, 1.82) is 0 Å². The molecule has 1 unspecified atom stereocenters. The molecule has 4 rings (SSSR count). The SMILES string of the molecule is C[C@]1(O)CCOC(C(F)(F)CN2CCNC(=O)c3oc4ccc(C(F)(F)F)cc4c32)C1. The summed E-state index contributed by atoms with van der Waals surface area (Å²) in [4.78, 5) is 13.5. The molecule has 2 atom stereocenters. The van der Waals surface area contributed by atoms with Gasteiger partial charge >= 0.3 is 6.18 Å². The standard InChI is InChI=1S/C20H21F5N2O4/c1-18(29)4-7-30-14(9-18)19(21,22)10-27-6-5-26-17(28)16-15(27)12-8-11(20(23,24)25)2-3-13(12)31-16/h2-3,8,14,29H,4-7,9-10H2,1H3,(H,26,28)/t14?,18-/m0/s1. The first kappa shape index (κ1) is 21.8. The third kappa shape index (κ3) is 4.20. The minimum atomic E-state index is -4.65. The predicted molar refractivity (Wildman–Crippen MR) is 100 cm³/mol. The number of benzene rings is 1. The molecule has 0 radical (unpaired) electrons. The van der Waals surface area contributed by atoms with Crippen LogP contribution in [0.3, 0.4) is 0 Å². The molecular weight excluding hydrogens is 427 g/mol. The lowest BCUT2D eigenvalue weighted by Crippen LogP contribution is -2.52. The Labute approximate surface area is 173 Å². The van der Waals surface area contributed by atoms with Crippen molar-refractivity contribution in [3.8, 4) is 0 Å². The lowest BCUT2D eigenvalue weighted by Gasteiger charge is -2.39. The predicted octanol–water partition coefficient (Wildman–Crippen LogP) is 3.57. The maximum absolute atomic E-state index is 15.1. The molecule has 1 aromatic carbocycles. The summed E-state index contributed by atoms with van der Waals surface area (Å²) in [5.74, 6) is -4.46. The average Bonchev–Trinajstić information content (AvgIpc) is 2.97. The van der Waals surface area contributed by atoms with E-state index in [9.17, 15) is 23.1 Å². The summed E-state index contributed by atoms with van der Waals surface area (Å²) in [6.45, 7) is 0.432. The highest BCUT2D eigenvalue weighted by Crippen LogP contribution is 2.41. The normalized spacial score (nSPS) is 25.3. The minimum absolute atomic E-state index is 0.00279. The van der Waals surface area contributed by atoms with Crippen LogP contribution in [0.25, 0.3) is 11.0 Å². The number of hydrogen-bond donors (Lipinski definition) is 2. The van der Waals surface area contributed by atoms with E-state index in [2.05, 4.69) is 5.32 Å². The first-order valence-corrected chi connectivity index (χ1v) is 9.76.